The normalized spacial score (nSPS) is 18.8. The third-order valence-electron chi connectivity index (χ3n) is 5.44. The van der Waals surface area contributed by atoms with Gasteiger partial charge in [-0.1, -0.05) is 53.5 Å². The number of nitrogens with zero attached hydrogens (tertiary/aromatic N) is 2. The Kier molecular flexibility index (Phi) is 8.06. The van der Waals surface area contributed by atoms with E-state index >= 15 is 0 Å². The van der Waals surface area contributed by atoms with Crippen LogP contribution in [0.2, 0.25) is 10.0 Å². The summed E-state index contributed by atoms with van der Waals surface area (Å²) in [4.78, 5) is 15.3. The van der Waals surface area contributed by atoms with Gasteiger partial charge < -0.3 is 10.4 Å². The molecule has 1 aliphatic rings. The number of nitrogens with one attached hydrogen (secondary N) is 1. The molecular formula is C22H27Cl2N3O4S. The highest BCUT2D eigenvalue weighted by atomic mass is 35.5. The molecule has 10 heteroatoms. The number of hydrogen-bond acceptors (Lipinski definition) is 5. The molecule has 1 aliphatic heterocycles. The Morgan fingerprint density at radius 2 is 1.94 bits per heavy atom. The van der Waals surface area contributed by atoms with Crippen LogP contribution in [0.1, 0.15) is 24.9 Å². The fraction of sp³-hybridized carbons (Fsp3) is 0.409. The molecule has 3 unspecified atom stereocenters. The van der Waals surface area contributed by atoms with Gasteiger partial charge in [0.15, 0.2) is 0 Å². The second kappa shape index (κ2) is 10.4. The average molecular weight is 500 g/mol. The predicted octanol–water partition coefficient (Wildman–Crippen LogP) is 3.07. The van der Waals surface area contributed by atoms with Crippen molar-refractivity contribution in [1.82, 2.24) is 10.2 Å². The van der Waals surface area contributed by atoms with E-state index in [1.54, 1.807) is 0 Å². The van der Waals surface area contributed by atoms with E-state index in [0.717, 1.165) is 22.7 Å². The molecule has 1 saturated heterocycles. The number of hydrogen-bond donors (Lipinski definition) is 2. The minimum absolute atomic E-state index is 0.133. The van der Waals surface area contributed by atoms with E-state index < -0.39 is 22.0 Å². The smallest absolute Gasteiger partial charge is 0.244 e. The quantitative estimate of drug-likeness (QED) is 0.582. The number of carbonyl (C=O) groups is 1. The van der Waals surface area contributed by atoms with Crippen LogP contribution in [0.4, 0.5) is 5.69 Å². The Morgan fingerprint density at radius 1 is 1.25 bits per heavy atom. The molecule has 0 saturated carbocycles. The first-order valence-electron chi connectivity index (χ1n) is 10.3. The first-order valence-corrected chi connectivity index (χ1v) is 12.9. The van der Waals surface area contributed by atoms with Crippen molar-refractivity contribution in [1.29, 1.82) is 0 Å². The van der Waals surface area contributed by atoms with E-state index in [4.69, 9.17) is 23.2 Å². The zero-order valence-electron chi connectivity index (χ0n) is 17.9. The van der Waals surface area contributed by atoms with Crippen LogP contribution >= 0.6 is 23.2 Å². The Hall–Kier alpha value is -1.84. The SMILES string of the molecule is CC(C(=O)NC(CN1CCC(O)C1)c1ccccc1)N(c1ccc(Cl)cc1Cl)S(C)(=O)=O. The van der Waals surface area contributed by atoms with Gasteiger partial charge in [-0.05, 0) is 37.1 Å². The number of aliphatic hydroxyl groups is 1. The van der Waals surface area contributed by atoms with Crippen molar-refractivity contribution in [3.8, 4) is 0 Å². The number of benzene rings is 2. The molecule has 0 spiro atoms. The molecule has 1 fully saturated rings. The molecule has 0 radical (unpaired) electrons. The van der Waals surface area contributed by atoms with E-state index in [-0.39, 0.29) is 22.9 Å². The van der Waals surface area contributed by atoms with Gasteiger partial charge in [0.05, 0.1) is 29.1 Å². The van der Waals surface area contributed by atoms with Gasteiger partial charge in [-0.15, -0.1) is 0 Å². The lowest BCUT2D eigenvalue weighted by molar-refractivity contribution is -0.122. The summed E-state index contributed by atoms with van der Waals surface area (Å²) < 4.78 is 26.2. The van der Waals surface area contributed by atoms with Crippen LogP contribution in [0.15, 0.2) is 48.5 Å². The van der Waals surface area contributed by atoms with Crippen LogP contribution in [-0.2, 0) is 14.8 Å². The standard InChI is InChI=1S/C22H27Cl2N3O4S/c1-15(27(32(2,30)31)21-9-8-17(23)12-19(21)24)22(29)25-20(16-6-4-3-5-7-16)14-26-11-10-18(28)13-26/h3-9,12,15,18,20,28H,10-11,13-14H2,1-2H3,(H,25,29). The van der Waals surface area contributed by atoms with Gasteiger partial charge in [0.25, 0.3) is 0 Å². The summed E-state index contributed by atoms with van der Waals surface area (Å²) in [6, 6.07) is 12.5. The van der Waals surface area contributed by atoms with E-state index in [1.807, 2.05) is 30.3 Å². The Labute approximate surface area is 199 Å². The minimum Gasteiger partial charge on any atom is -0.392 e. The van der Waals surface area contributed by atoms with E-state index in [0.29, 0.717) is 24.5 Å². The molecule has 3 atom stereocenters. The molecule has 174 valence electrons. The van der Waals surface area contributed by atoms with Crippen molar-refractivity contribution in [3.05, 3.63) is 64.1 Å². The lowest BCUT2D eigenvalue weighted by Crippen LogP contribution is -2.50. The van der Waals surface area contributed by atoms with Crippen LogP contribution in [0.5, 0.6) is 0 Å². The van der Waals surface area contributed by atoms with Gasteiger partial charge in [0, 0.05) is 24.7 Å². The monoisotopic (exact) mass is 499 g/mol. The van der Waals surface area contributed by atoms with Gasteiger partial charge in [0.2, 0.25) is 15.9 Å². The van der Waals surface area contributed by atoms with Crippen molar-refractivity contribution in [2.24, 2.45) is 0 Å². The fourth-order valence-electron chi connectivity index (χ4n) is 3.89. The predicted molar refractivity (Wildman–Crippen MR) is 128 cm³/mol. The zero-order valence-corrected chi connectivity index (χ0v) is 20.2. The van der Waals surface area contributed by atoms with Gasteiger partial charge >= 0.3 is 0 Å². The number of anilines is 1. The molecule has 2 aromatic rings. The molecule has 0 aliphatic carbocycles. The van der Waals surface area contributed by atoms with E-state index in [1.165, 1.54) is 25.1 Å². The summed E-state index contributed by atoms with van der Waals surface area (Å²) in [5.41, 5.74) is 1.07. The summed E-state index contributed by atoms with van der Waals surface area (Å²) in [7, 11) is -3.83. The summed E-state index contributed by atoms with van der Waals surface area (Å²) in [5.74, 6) is -0.463. The average Bonchev–Trinajstić information content (AvgIpc) is 3.13. The fourth-order valence-corrected chi connectivity index (χ4v) is 5.63. The third-order valence-corrected chi connectivity index (χ3v) is 7.21. The first-order chi connectivity index (χ1) is 15.1. The molecule has 0 aromatic heterocycles. The van der Waals surface area contributed by atoms with Crippen molar-refractivity contribution < 1.29 is 18.3 Å². The molecule has 1 heterocycles. The summed E-state index contributed by atoms with van der Waals surface area (Å²) in [6.07, 6.45) is 1.33. The topological polar surface area (TPSA) is 90.0 Å². The number of amides is 1. The number of β-amino-alcohol motifs (C(OH)–C–C–N with tert-alkyl or cyclic N) is 1. The summed E-state index contributed by atoms with van der Waals surface area (Å²) >= 11 is 12.2. The van der Waals surface area contributed by atoms with Crippen molar-refractivity contribution in [3.63, 3.8) is 0 Å². The molecule has 1 amide bonds. The second-order valence-corrected chi connectivity index (χ2v) is 10.7. The highest BCUT2D eigenvalue weighted by Gasteiger charge is 2.33. The van der Waals surface area contributed by atoms with Crippen LogP contribution in [0, 0.1) is 0 Å². The Morgan fingerprint density at radius 3 is 2.50 bits per heavy atom. The largest absolute Gasteiger partial charge is 0.392 e. The third kappa shape index (κ3) is 6.14. The minimum atomic E-state index is -3.83. The van der Waals surface area contributed by atoms with Crippen molar-refractivity contribution in [2.45, 2.75) is 31.5 Å². The van der Waals surface area contributed by atoms with Gasteiger partial charge in [0.1, 0.15) is 6.04 Å². The maximum absolute atomic E-state index is 13.3. The summed E-state index contributed by atoms with van der Waals surface area (Å²) in [6.45, 7) is 3.28. The number of carbonyl (C=O) groups excluding carboxylic acids is 1. The van der Waals surface area contributed by atoms with Crippen LogP contribution in [-0.4, -0.2) is 62.4 Å². The zero-order chi connectivity index (χ0) is 23.5. The van der Waals surface area contributed by atoms with Crippen LogP contribution < -0.4 is 9.62 Å². The molecule has 32 heavy (non-hydrogen) atoms. The highest BCUT2D eigenvalue weighted by molar-refractivity contribution is 7.92. The van der Waals surface area contributed by atoms with Crippen LogP contribution in [0.3, 0.4) is 0 Å². The summed E-state index contributed by atoms with van der Waals surface area (Å²) in [5, 5.41) is 13.3. The first kappa shape index (κ1) is 24.8. The Bertz CT molecular complexity index is 1050. The van der Waals surface area contributed by atoms with Gasteiger partial charge in [-0.2, -0.15) is 0 Å². The van der Waals surface area contributed by atoms with Crippen molar-refractivity contribution >= 4 is 44.8 Å². The lowest BCUT2D eigenvalue weighted by atomic mass is 10.1. The van der Waals surface area contributed by atoms with Crippen LogP contribution in [0.25, 0.3) is 0 Å². The number of aliphatic hydroxyl groups excluding tert-OH is 1. The van der Waals surface area contributed by atoms with Gasteiger partial charge in [-0.3, -0.25) is 14.0 Å². The van der Waals surface area contributed by atoms with Crippen molar-refractivity contribution in [2.75, 3.05) is 30.2 Å². The molecular weight excluding hydrogens is 473 g/mol. The second-order valence-electron chi connectivity index (χ2n) is 8.00. The number of rotatable bonds is 8. The molecule has 0 bridgehead atoms. The number of sulfonamides is 1. The number of halogens is 2. The van der Waals surface area contributed by atoms with Gasteiger partial charge in [-0.25, -0.2) is 8.42 Å². The van der Waals surface area contributed by atoms with E-state index in [2.05, 4.69) is 10.2 Å². The maximum atomic E-state index is 13.3. The Balaban J connectivity index is 1.86. The maximum Gasteiger partial charge on any atom is 0.244 e. The molecule has 2 aromatic carbocycles. The molecule has 3 rings (SSSR count). The number of likely N-dealkylation sites (tertiary alicyclic amines) is 1. The molecule has 2 N–H and O–H groups in total. The lowest BCUT2D eigenvalue weighted by Gasteiger charge is -2.31. The highest BCUT2D eigenvalue weighted by Crippen LogP contribution is 2.32. The molecule has 7 nitrogen and oxygen atoms in total. The van der Waals surface area contributed by atoms with E-state index in [9.17, 15) is 18.3 Å².